The van der Waals surface area contributed by atoms with Crippen molar-refractivity contribution in [1.29, 1.82) is 0 Å². The van der Waals surface area contributed by atoms with E-state index in [0.717, 1.165) is 5.56 Å². The summed E-state index contributed by atoms with van der Waals surface area (Å²) in [6, 6.07) is 5.85. The number of rotatable bonds is 4. The van der Waals surface area contributed by atoms with Crippen molar-refractivity contribution in [2.24, 2.45) is 5.73 Å². The van der Waals surface area contributed by atoms with Crippen LogP contribution >= 0.6 is 0 Å². The van der Waals surface area contributed by atoms with Crippen molar-refractivity contribution in [2.45, 2.75) is 19.4 Å². The molecule has 0 aliphatic carbocycles. The zero-order valence-electron chi connectivity index (χ0n) is 8.66. The highest BCUT2D eigenvalue weighted by atomic mass is 19.1. The van der Waals surface area contributed by atoms with E-state index < -0.39 is 0 Å². The molecule has 3 N–H and O–H groups in total. The second-order valence-corrected chi connectivity index (χ2v) is 3.51. The van der Waals surface area contributed by atoms with Gasteiger partial charge in [-0.05, 0) is 24.6 Å². The van der Waals surface area contributed by atoms with Crippen LogP contribution in [0.15, 0.2) is 24.3 Å². The molecule has 0 aliphatic heterocycles. The van der Waals surface area contributed by atoms with Crippen molar-refractivity contribution in [3.8, 4) is 0 Å². The van der Waals surface area contributed by atoms with E-state index >= 15 is 0 Å². The van der Waals surface area contributed by atoms with Crippen LogP contribution in [0.1, 0.15) is 12.5 Å². The predicted octanol–water partition coefficient (Wildman–Crippen LogP) is 0.832. The number of halogens is 1. The van der Waals surface area contributed by atoms with Gasteiger partial charge in [0.25, 0.3) is 0 Å². The number of carbonyl (C=O) groups is 1. The van der Waals surface area contributed by atoms with Gasteiger partial charge < -0.3 is 11.1 Å². The maximum Gasteiger partial charge on any atom is 0.224 e. The number of nitrogens with one attached hydrogen (secondary N) is 1. The molecule has 0 saturated heterocycles. The average Bonchev–Trinajstić information content (AvgIpc) is 2.21. The van der Waals surface area contributed by atoms with Crippen LogP contribution < -0.4 is 11.1 Å². The van der Waals surface area contributed by atoms with Crippen LogP contribution in [-0.2, 0) is 11.2 Å². The van der Waals surface area contributed by atoms with Crippen molar-refractivity contribution in [1.82, 2.24) is 5.32 Å². The van der Waals surface area contributed by atoms with Gasteiger partial charge in [-0.2, -0.15) is 0 Å². The van der Waals surface area contributed by atoms with E-state index in [1.165, 1.54) is 12.1 Å². The van der Waals surface area contributed by atoms with Crippen LogP contribution in [0.3, 0.4) is 0 Å². The molecule has 1 aromatic carbocycles. The monoisotopic (exact) mass is 210 g/mol. The Morgan fingerprint density at radius 3 is 2.60 bits per heavy atom. The van der Waals surface area contributed by atoms with Crippen molar-refractivity contribution in [2.75, 3.05) is 6.54 Å². The molecule has 82 valence electrons. The lowest BCUT2D eigenvalue weighted by Gasteiger charge is -2.10. The largest absolute Gasteiger partial charge is 0.352 e. The first-order valence-corrected chi connectivity index (χ1v) is 4.85. The maximum atomic E-state index is 12.6. The Kier molecular flexibility index (Phi) is 4.24. The average molecular weight is 210 g/mol. The second kappa shape index (κ2) is 5.46. The molecule has 15 heavy (non-hydrogen) atoms. The number of benzene rings is 1. The summed E-state index contributed by atoms with van der Waals surface area (Å²) in [6.45, 7) is 2.25. The fourth-order valence-corrected chi connectivity index (χ4v) is 1.17. The topological polar surface area (TPSA) is 55.1 Å². The van der Waals surface area contributed by atoms with Gasteiger partial charge in [0.15, 0.2) is 0 Å². The van der Waals surface area contributed by atoms with Gasteiger partial charge in [-0.25, -0.2) is 4.39 Å². The smallest absolute Gasteiger partial charge is 0.224 e. The van der Waals surface area contributed by atoms with Gasteiger partial charge in [0.1, 0.15) is 5.82 Å². The standard InChI is InChI=1S/C11H15FN2O/c1-8(7-13)14-11(15)6-9-2-4-10(12)5-3-9/h2-5,8H,6-7,13H2,1H3,(H,14,15)/t8-/m0/s1. The maximum absolute atomic E-state index is 12.6. The second-order valence-electron chi connectivity index (χ2n) is 3.51. The summed E-state index contributed by atoms with van der Waals surface area (Å²) in [5, 5.41) is 2.73. The minimum Gasteiger partial charge on any atom is -0.352 e. The van der Waals surface area contributed by atoms with Gasteiger partial charge in [0.05, 0.1) is 6.42 Å². The van der Waals surface area contributed by atoms with E-state index in [0.29, 0.717) is 6.54 Å². The summed E-state index contributed by atoms with van der Waals surface area (Å²) in [4.78, 5) is 11.4. The predicted molar refractivity (Wildman–Crippen MR) is 56.8 cm³/mol. The first kappa shape index (κ1) is 11.7. The number of hydrogen-bond acceptors (Lipinski definition) is 2. The number of amides is 1. The molecule has 1 amide bonds. The first-order chi connectivity index (χ1) is 7.11. The summed E-state index contributed by atoms with van der Waals surface area (Å²) in [5.74, 6) is -0.394. The van der Waals surface area contributed by atoms with Crippen LogP contribution in [0, 0.1) is 5.82 Å². The zero-order chi connectivity index (χ0) is 11.3. The molecule has 1 aromatic rings. The van der Waals surface area contributed by atoms with E-state index in [2.05, 4.69) is 5.32 Å². The first-order valence-electron chi connectivity index (χ1n) is 4.85. The van der Waals surface area contributed by atoms with E-state index in [1.54, 1.807) is 12.1 Å². The highest BCUT2D eigenvalue weighted by Crippen LogP contribution is 2.03. The molecule has 0 aromatic heterocycles. The molecule has 1 atom stereocenters. The molecule has 3 nitrogen and oxygen atoms in total. The van der Waals surface area contributed by atoms with Crippen LogP contribution in [0.4, 0.5) is 4.39 Å². The molecule has 0 saturated carbocycles. The normalized spacial score (nSPS) is 12.2. The third-order valence-corrected chi connectivity index (χ3v) is 2.04. The summed E-state index contributed by atoms with van der Waals surface area (Å²) in [6.07, 6.45) is 0.255. The zero-order valence-corrected chi connectivity index (χ0v) is 8.66. The van der Waals surface area contributed by atoms with Gasteiger partial charge in [-0.15, -0.1) is 0 Å². The van der Waals surface area contributed by atoms with Crippen molar-refractivity contribution >= 4 is 5.91 Å². The van der Waals surface area contributed by atoms with Crippen LogP contribution in [0.25, 0.3) is 0 Å². The third-order valence-electron chi connectivity index (χ3n) is 2.04. The Bertz CT molecular complexity index is 324. The van der Waals surface area contributed by atoms with Crippen molar-refractivity contribution in [3.63, 3.8) is 0 Å². The Balaban J connectivity index is 2.48. The van der Waals surface area contributed by atoms with Gasteiger partial charge in [-0.1, -0.05) is 12.1 Å². The van der Waals surface area contributed by atoms with Gasteiger partial charge in [0, 0.05) is 12.6 Å². The van der Waals surface area contributed by atoms with E-state index in [1.807, 2.05) is 6.92 Å². The molecule has 0 radical (unpaired) electrons. The van der Waals surface area contributed by atoms with E-state index in [9.17, 15) is 9.18 Å². The molecule has 0 heterocycles. The van der Waals surface area contributed by atoms with Crippen molar-refractivity contribution in [3.05, 3.63) is 35.6 Å². The molecule has 0 aliphatic rings. The summed E-state index contributed by atoms with van der Waals surface area (Å²) >= 11 is 0. The quantitative estimate of drug-likeness (QED) is 0.773. The third kappa shape index (κ3) is 4.08. The Hall–Kier alpha value is -1.42. The highest BCUT2D eigenvalue weighted by Gasteiger charge is 2.06. The summed E-state index contributed by atoms with van der Waals surface area (Å²) in [7, 11) is 0. The molecular weight excluding hydrogens is 195 g/mol. The Labute approximate surface area is 88.5 Å². The number of carbonyl (C=O) groups excluding carboxylic acids is 1. The van der Waals surface area contributed by atoms with Gasteiger partial charge >= 0.3 is 0 Å². The lowest BCUT2D eigenvalue weighted by Crippen LogP contribution is -2.38. The van der Waals surface area contributed by atoms with E-state index in [-0.39, 0.29) is 24.2 Å². The Morgan fingerprint density at radius 1 is 1.47 bits per heavy atom. The lowest BCUT2D eigenvalue weighted by molar-refractivity contribution is -0.120. The summed E-state index contributed by atoms with van der Waals surface area (Å²) < 4.78 is 12.6. The molecule has 4 heteroatoms. The molecular formula is C11H15FN2O. The van der Waals surface area contributed by atoms with Crippen LogP contribution in [0.5, 0.6) is 0 Å². The molecule has 0 bridgehead atoms. The molecule has 1 rings (SSSR count). The van der Waals surface area contributed by atoms with Crippen molar-refractivity contribution < 1.29 is 9.18 Å². The van der Waals surface area contributed by atoms with E-state index in [4.69, 9.17) is 5.73 Å². The molecule has 0 unspecified atom stereocenters. The fourth-order valence-electron chi connectivity index (χ4n) is 1.17. The Morgan fingerprint density at radius 2 is 2.07 bits per heavy atom. The minimum atomic E-state index is -0.297. The highest BCUT2D eigenvalue weighted by molar-refractivity contribution is 5.78. The van der Waals surface area contributed by atoms with Gasteiger partial charge in [-0.3, -0.25) is 4.79 Å². The van der Waals surface area contributed by atoms with Crippen LogP contribution in [-0.4, -0.2) is 18.5 Å². The van der Waals surface area contributed by atoms with Gasteiger partial charge in [0.2, 0.25) is 5.91 Å². The lowest BCUT2D eigenvalue weighted by atomic mass is 10.1. The molecule has 0 spiro atoms. The summed E-state index contributed by atoms with van der Waals surface area (Å²) in [5.41, 5.74) is 6.16. The SMILES string of the molecule is C[C@@H](CN)NC(=O)Cc1ccc(F)cc1. The minimum absolute atomic E-state index is 0.0297. The van der Waals surface area contributed by atoms with Crippen LogP contribution in [0.2, 0.25) is 0 Å². The fraction of sp³-hybridized carbons (Fsp3) is 0.364. The number of nitrogens with two attached hydrogens (primary N) is 1. The number of hydrogen-bond donors (Lipinski definition) is 2. The molecule has 0 fully saturated rings.